The number of nitrogens with two attached hydrogens (primary N) is 1. The Hall–Kier alpha value is -1.95. The number of carbonyl (C=O) groups excluding carboxylic acids is 1. The molecule has 1 amide bonds. The largest absolute Gasteiger partial charge is 0.478 e. The predicted molar refractivity (Wildman–Crippen MR) is 67.4 cm³/mol. The first-order valence-corrected chi connectivity index (χ1v) is 6.01. The first-order valence-electron chi connectivity index (χ1n) is 6.01. The molecule has 0 spiro atoms. The number of anilines is 1. The second-order valence-electron chi connectivity index (χ2n) is 4.94. The zero-order valence-corrected chi connectivity index (χ0v) is 10.3. The van der Waals surface area contributed by atoms with Crippen molar-refractivity contribution < 1.29 is 19.1 Å². The van der Waals surface area contributed by atoms with E-state index in [-0.39, 0.29) is 17.7 Å². The van der Waals surface area contributed by atoms with Gasteiger partial charge in [0.25, 0.3) is 0 Å². The van der Waals surface area contributed by atoms with Crippen molar-refractivity contribution in [3.8, 4) is 0 Å². The van der Waals surface area contributed by atoms with Crippen molar-refractivity contribution in [1.29, 1.82) is 0 Å². The van der Waals surface area contributed by atoms with Crippen LogP contribution in [0.2, 0.25) is 0 Å². The van der Waals surface area contributed by atoms with E-state index >= 15 is 0 Å². The predicted octanol–water partition coefficient (Wildman–Crippen LogP) is 1.73. The maximum atomic E-state index is 13.1. The van der Waals surface area contributed by atoms with Gasteiger partial charge in [-0.05, 0) is 37.5 Å². The van der Waals surface area contributed by atoms with Crippen molar-refractivity contribution in [3.63, 3.8) is 0 Å². The van der Waals surface area contributed by atoms with Gasteiger partial charge in [0.2, 0.25) is 5.91 Å². The molecule has 1 aromatic rings. The number of aromatic carboxylic acids is 1. The van der Waals surface area contributed by atoms with Crippen molar-refractivity contribution in [2.45, 2.75) is 31.2 Å². The van der Waals surface area contributed by atoms with E-state index in [1.807, 2.05) is 0 Å². The second-order valence-corrected chi connectivity index (χ2v) is 4.94. The lowest BCUT2D eigenvalue weighted by molar-refractivity contribution is -0.118. The fourth-order valence-electron chi connectivity index (χ4n) is 2.13. The number of carboxylic acid groups (broad SMARTS) is 1. The Labute approximate surface area is 109 Å². The number of amides is 1. The van der Waals surface area contributed by atoms with Crippen molar-refractivity contribution in [2.24, 2.45) is 5.73 Å². The highest BCUT2D eigenvalue weighted by molar-refractivity contribution is 6.00. The molecule has 0 aromatic heterocycles. The Balaban J connectivity index is 2.11. The average molecular weight is 266 g/mol. The first-order chi connectivity index (χ1) is 8.89. The van der Waals surface area contributed by atoms with Crippen LogP contribution in [0.1, 0.15) is 36.0 Å². The summed E-state index contributed by atoms with van der Waals surface area (Å²) >= 11 is 0. The van der Waals surface area contributed by atoms with Crippen molar-refractivity contribution >= 4 is 17.6 Å². The molecule has 1 fully saturated rings. The molecule has 0 aliphatic heterocycles. The molecule has 1 aliphatic carbocycles. The molecule has 102 valence electrons. The maximum absolute atomic E-state index is 13.1. The summed E-state index contributed by atoms with van der Waals surface area (Å²) in [5.41, 5.74) is 5.25. The Morgan fingerprint density at radius 2 is 2.11 bits per heavy atom. The minimum Gasteiger partial charge on any atom is -0.478 e. The van der Waals surface area contributed by atoms with E-state index in [1.165, 1.54) is 0 Å². The van der Waals surface area contributed by atoms with Crippen LogP contribution in [0.5, 0.6) is 0 Å². The number of carbonyl (C=O) groups is 2. The van der Waals surface area contributed by atoms with Crippen molar-refractivity contribution in [2.75, 3.05) is 5.32 Å². The quantitative estimate of drug-likeness (QED) is 0.773. The molecule has 0 heterocycles. The van der Waals surface area contributed by atoms with E-state index in [1.54, 1.807) is 0 Å². The van der Waals surface area contributed by atoms with E-state index in [0.717, 1.165) is 37.5 Å². The van der Waals surface area contributed by atoms with Crippen LogP contribution in [0.4, 0.5) is 10.1 Å². The van der Waals surface area contributed by atoms with Gasteiger partial charge in [0.05, 0.1) is 11.3 Å². The monoisotopic (exact) mass is 266 g/mol. The summed E-state index contributed by atoms with van der Waals surface area (Å²) in [5.74, 6) is -2.22. The van der Waals surface area contributed by atoms with E-state index in [0.29, 0.717) is 0 Å². The van der Waals surface area contributed by atoms with Gasteiger partial charge in [-0.15, -0.1) is 0 Å². The molecule has 5 nitrogen and oxygen atoms in total. The number of nitrogens with one attached hydrogen (secondary N) is 1. The molecule has 19 heavy (non-hydrogen) atoms. The number of benzene rings is 1. The molecule has 0 atom stereocenters. The van der Waals surface area contributed by atoms with Gasteiger partial charge in [-0.25, -0.2) is 9.18 Å². The summed E-state index contributed by atoms with van der Waals surface area (Å²) < 4.78 is 13.1. The lowest BCUT2D eigenvalue weighted by Crippen LogP contribution is -2.49. The molecule has 4 N–H and O–H groups in total. The Bertz CT molecular complexity index is 527. The Morgan fingerprint density at radius 3 is 2.63 bits per heavy atom. The summed E-state index contributed by atoms with van der Waals surface area (Å²) in [6.45, 7) is 0. The summed E-state index contributed by atoms with van der Waals surface area (Å²) in [6, 6.07) is 3.15. The summed E-state index contributed by atoms with van der Waals surface area (Å²) in [6.07, 6.45) is 2.65. The van der Waals surface area contributed by atoms with Gasteiger partial charge in [-0.1, -0.05) is 0 Å². The number of hydrogen-bond donors (Lipinski definition) is 3. The van der Waals surface area contributed by atoms with Gasteiger partial charge in [-0.3, -0.25) is 4.79 Å². The maximum Gasteiger partial charge on any atom is 0.337 e. The third-order valence-corrected chi connectivity index (χ3v) is 3.35. The highest BCUT2D eigenvalue weighted by Gasteiger charge is 2.34. The first kappa shape index (κ1) is 13.5. The lowest BCUT2D eigenvalue weighted by atomic mass is 9.75. The fraction of sp³-hybridized carbons (Fsp3) is 0.385. The zero-order valence-electron chi connectivity index (χ0n) is 10.3. The van der Waals surface area contributed by atoms with Gasteiger partial charge < -0.3 is 16.2 Å². The van der Waals surface area contributed by atoms with Crippen molar-refractivity contribution in [1.82, 2.24) is 0 Å². The minimum absolute atomic E-state index is 0.0413. The van der Waals surface area contributed by atoms with Gasteiger partial charge >= 0.3 is 5.97 Å². The standard InChI is InChI=1S/C13H15FN2O3/c14-8-2-3-9(12(18)19)10(6-8)16-11(17)7-13(15)4-1-5-13/h2-3,6H,1,4-5,7,15H2,(H,16,17)(H,18,19). The van der Waals surface area contributed by atoms with Crippen LogP contribution in [0.25, 0.3) is 0 Å². The van der Waals surface area contributed by atoms with E-state index in [9.17, 15) is 14.0 Å². The highest BCUT2D eigenvalue weighted by atomic mass is 19.1. The lowest BCUT2D eigenvalue weighted by Gasteiger charge is -2.37. The Morgan fingerprint density at radius 1 is 1.42 bits per heavy atom. The van der Waals surface area contributed by atoms with E-state index < -0.39 is 23.2 Å². The summed E-state index contributed by atoms with van der Waals surface area (Å²) in [4.78, 5) is 22.8. The van der Waals surface area contributed by atoms with Gasteiger partial charge in [0.15, 0.2) is 0 Å². The fourth-order valence-corrected chi connectivity index (χ4v) is 2.13. The highest BCUT2D eigenvalue weighted by Crippen LogP contribution is 2.32. The van der Waals surface area contributed by atoms with Crippen LogP contribution in [0.15, 0.2) is 18.2 Å². The molecule has 0 bridgehead atoms. The van der Waals surface area contributed by atoms with Crippen molar-refractivity contribution in [3.05, 3.63) is 29.6 Å². The van der Waals surface area contributed by atoms with E-state index in [4.69, 9.17) is 10.8 Å². The minimum atomic E-state index is -1.22. The van der Waals surface area contributed by atoms with Crippen LogP contribution in [-0.2, 0) is 4.79 Å². The molecule has 1 aromatic carbocycles. The van der Waals surface area contributed by atoms with Gasteiger partial charge in [0.1, 0.15) is 5.82 Å². The topological polar surface area (TPSA) is 92.4 Å². The third kappa shape index (κ3) is 3.08. The van der Waals surface area contributed by atoms with Gasteiger partial charge in [0, 0.05) is 12.0 Å². The smallest absolute Gasteiger partial charge is 0.337 e. The third-order valence-electron chi connectivity index (χ3n) is 3.35. The molecular weight excluding hydrogens is 251 g/mol. The molecule has 1 saturated carbocycles. The van der Waals surface area contributed by atoms with Crippen LogP contribution in [0, 0.1) is 5.82 Å². The molecule has 6 heteroatoms. The average Bonchev–Trinajstić information content (AvgIpc) is 2.26. The summed E-state index contributed by atoms with van der Waals surface area (Å²) in [7, 11) is 0. The molecule has 1 aliphatic rings. The number of carboxylic acids is 1. The SMILES string of the molecule is NC1(CC(=O)Nc2cc(F)ccc2C(=O)O)CCC1. The second kappa shape index (κ2) is 4.97. The molecule has 0 saturated heterocycles. The number of hydrogen-bond acceptors (Lipinski definition) is 3. The number of rotatable bonds is 4. The van der Waals surface area contributed by atoms with Crippen LogP contribution in [0.3, 0.4) is 0 Å². The zero-order chi connectivity index (χ0) is 14.0. The molecule has 2 rings (SSSR count). The van der Waals surface area contributed by atoms with Crippen LogP contribution < -0.4 is 11.1 Å². The molecule has 0 unspecified atom stereocenters. The van der Waals surface area contributed by atoms with Gasteiger partial charge in [-0.2, -0.15) is 0 Å². The molecular formula is C13H15FN2O3. The number of halogens is 1. The molecule has 0 radical (unpaired) electrons. The van der Waals surface area contributed by atoms with E-state index in [2.05, 4.69) is 5.32 Å². The van der Waals surface area contributed by atoms with Crippen LogP contribution >= 0.6 is 0 Å². The Kier molecular flexibility index (Phi) is 3.53. The summed E-state index contributed by atoms with van der Waals surface area (Å²) in [5, 5.41) is 11.4. The van der Waals surface area contributed by atoms with Crippen LogP contribution in [-0.4, -0.2) is 22.5 Å². The normalized spacial score (nSPS) is 16.5.